The van der Waals surface area contributed by atoms with Crippen molar-refractivity contribution in [2.45, 2.75) is 13.3 Å². The van der Waals surface area contributed by atoms with Crippen LogP contribution in [0.2, 0.25) is 5.02 Å². The van der Waals surface area contributed by atoms with E-state index in [9.17, 15) is 0 Å². The van der Waals surface area contributed by atoms with Crippen molar-refractivity contribution in [2.75, 3.05) is 70.7 Å². The van der Waals surface area contributed by atoms with Crippen LogP contribution in [0.1, 0.15) is 12.2 Å². The maximum Gasteiger partial charge on any atom is 0.159 e. The summed E-state index contributed by atoms with van der Waals surface area (Å²) in [4.78, 5) is 11.1. The summed E-state index contributed by atoms with van der Waals surface area (Å²) < 4.78 is 21.1. The number of halogens is 1. The van der Waals surface area contributed by atoms with Crippen molar-refractivity contribution in [2.24, 2.45) is 0 Å². The summed E-state index contributed by atoms with van der Waals surface area (Å²) >= 11 is 6.44. The highest BCUT2D eigenvalue weighted by Crippen LogP contribution is 2.40. The molecule has 1 aromatic carbocycles. The summed E-state index contributed by atoms with van der Waals surface area (Å²) in [6.45, 7) is 4.33. The van der Waals surface area contributed by atoms with Gasteiger partial charge >= 0.3 is 0 Å². The zero-order valence-electron chi connectivity index (χ0n) is 18.1. The molecule has 1 aromatic heterocycles. The standard InChI is InChI=1S/C20H30ClN5O4/c1-13-23-19(25-18-15(21)11-14(29-4)12-16(18)30-5)17(22)20(24-13)26(8-10-28-3)7-6-9-27-2/h11-12H,6-10,22H2,1-5H3,(H,23,24,25). The van der Waals surface area contributed by atoms with Crippen LogP contribution in [0.15, 0.2) is 12.1 Å². The number of nitrogens with two attached hydrogens (primary N) is 1. The van der Waals surface area contributed by atoms with E-state index in [4.69, 9.17) is 36.3 Å². The van der Waals surface area contributed by atoms with Crippen molar-refractivity contribution in [1.29, 1.82) is 0 Å². The molecule has 2 rings (SSSR count). The second-order valence-electron chi connectivity index (χ2n) is 6.49. The number of anilines is 4. The van der Waals surface area contributed by atoms with E-state index in [0.29, 0.717) is 71.7 Å². The summed E-state index contributed by atoms with van der Waals surface area (Å²) in [5.74, 6) is 2.73. The predicted octanol–water partition coefficient (Wildman–Crippen LogP) is 3.27. The lowest BCUT2D eigenvalue weighted by Crippen LogP contribution is -2.31. The lowest BCUT2D eigenvalue weighted by atomic mass is 10.2. The number of benzene rings is 1. The van der Waals surface area contributed by atoms with Gasteiger partial charge in [0, 0.05) is 46.0 Å². The third-order valence-corrected chi connectivity index (χ3v) is 4.70. The monoisotopic (exact) mass is 439 g/mol. The minimum atomic E-state index is 0.406. The third kappa shape index (κ3) is 6.01. The molecule has 0 radical (unpaired) electrons. The molecule has 0 atom stereocenters. The SMILES string of the molecule is COCCCN(CCOC)c1nc(C)nc(Nc2c(Cl)cc(OC)cc2OC)c1N. The van der Waals surface area contributed by atoms with E-state index < -0.39 is 0 Å². The third-order valence-electron chi connectivity index (χ3n) is 4.41. The van der Waals surface area contributed by atoms with Crippen LogP contribution in [0.5, 0.6) is 11.5 Å². The highest BCUT2D eigenvalue weighted by molar-refractivity contribution is 6.34. The average molecular weight is 440 g/mol. The summed E-state index contributed by atoms with van der Waals surface area (Å²) in [7, 11) is 6.45. The molecule has 0 aliphatic carbocycles. The Kier molecular flexibility index (Phi) is 9.22. The molecule has 0 amide bonds. The normalized spacial score (nSPS) is 10.7. The largest absolute Gasteiger partial charge is 0.497 e. The van der Waals surface area contributed by atoms with Crippen molar-refractivity contribution in [3.63, 3.8) is 0 Å². The topological polar surface area (TPSA) is 104 Å². The Labute approximate surface area is 182 Å². The molecule has 1 heterocycles. The molecule has 0 saturated heterocycles. The van der Waals surface area contributed by atoms with Crippen LogP contribution >= 0.6 is 11.6 Å². The van der Waals surface area contributed by atoms with E-state index in [-0.39, 0.29) is 0 Å². The predicted molar refractivity (Wildman–Crippen MR) is 120 cm³/mol. The molecule has 2 aromatic rings. The van der Waals surface area contributed by atoms with Crippen LogP contribution in [0.3, 0.4) is 0 Å². The Bertz CT molecular complexity index is 837. The maximum absolute atomic E-state index is 6.46. The summed E-state index contributed by atoms with van der Waals surface area (Å²) in [6, 6.07) is 3.42. The number of nitrogen functional groups attached to an aromatic ring is 1. The summed E-state index contributed by atoms with van der Waals surface area (Å²) in [6.07, 6.45) is 0.823. The Hall–Kier alpha value is -2.49. The van der Waals surface area contributed by atoms with Gasteiger partial charge in [-0.3, -0.25) is 0 Å². The van der Waals surface area contributed by atoms with E-state index in [1.807, 2.05) is 6.92 Å². The Balaban J connectivity index is 2.42. The van der Waals surface area contributed by atoms with E-state index in [1.165, 1.54) is 0 Å². The Morgan fingerprint density at radius 1 is 1.03 bits per heavy atom. The zero-order chi connectivity index (χ0) is 22.1. The molecular formula is C20H30ClN5O4. The first kappa shape index (κ1) is 23.8. The van der Waals surface area contributed by atoms with Gasteiger partial charge < -0.3 is 34.9 Å². The molecule has 166 valence electrons. The van der Waals surface area contributed by atoms with Crippen LogP contribution in [-0.4, -0.2) is 64.7 Å². The highest BCUT2D eigenvalue weighted by Gasteiger charge is 2.19. The summed E-state index contributed by atoms with van der Waals surface area (Å²) in [5, 5.41) is 3.62. The van der Waals surface area contributed by atoms with Gasteiger partial charge in [-0.15, -0.1) is 0 Å². The van der Waals surface area contributed by atoms with Crippen LogP contribution in [-0.2, 0) is 9.47 Å². The van der Waals surface area contributed by atoms with E-state index in [2.05, 4.69) is 20.2 Å². The highest BCUT2D eigenvalue weighted by atomic mass is 35.5. The minimum Gasteiger partial charge on any atom is -0.497 e. The minimum absolute atomic E-state index is 0.406. The number of aromatic nitrogens is 2. The summed E-state index contributed by atoms with van der Waals surface area (Å²) in [5.41, 5.74) is 7.41. The smallest absolute Gasteiger partial charge is 0.159 e. The van der Waals surface area contributed by atoms with Gasteiger partial charge in [-0.1, -0.05) is 11.6 Å². The fourth-order valence-corrected chi connectivity index (χ4v) is 3.15. The van der Waals surface area contributed by atoms with Crippen LogP contribution in [0.4, 0.5) is 23.0 Å². The molecule has 0 unspecified atom stereocenters. The van der Waals surface area contributed by atoms with Gasteiger partial charge in [-0.2, -0.15) is 0 Å². The molecule has 0 saturated carbocycles. The number of nitrogens with one attached hydrogen (secondary N) is 1. The molecule has 0 fully saturated rings. The number of methoxy groups -OCH3 is 4. The molecule has 9 nitrogen and oxygen atoms in total. The second-order valence-corrected chi connectivity index (χ2v) is 6.90. The number of ether oxygens (including phenoxy) is 4. The molecule has 30 heavy (non-hydrogen) atoms. The van der Waals surface area contributed by atoms with Gasteiger partial charge in [-0.05, 0) is 13.3 Å². The van der Waals surface area contributed by atoms with Crippen molar-refractivity contribution in [1.82, 2.24) is 9.97 Å². The number of aryl methyl sites for hydroxylation is 1. The first-order valence-electron chi connectivity index (χ1n) is 9.50. The molecule has 0 aliphatic rings. The molecule has 10 heteroatoms. The number of hydrogen-bond donors (Lipinski definition) is 2. The molecule has 0 spiro atoms. The number of rotatable bonds is 12. The van der Waals surface area contributed by atoms with E-state index >= 15 is 0 Å². The van der Waals surface area contributed by atoms with Gasteiger partial charge in [0.05, 0.1) is 25.8 Å². The van der Waals surface area contributed by atoms with Crippen LogP contribution in [0, 0.1) is 6.92 Å². The Morgan fingerprint density at radius 3 is 2.40 bits per heavy atom. The molecule has 0 bridgehead atoms. The van der Waals surface area contributed by atoms with Gasteiger partial charge in [0.2, 0.25) is 0 Å². The fourth-order valence-electron chi connectivity index (χ4n) is 2.90. The quantitative estimate of drug-likeness (QED) is 0.482. The van der Waals surface area contributed by atoms with Gasteiger partial charge in [0.15, 0.2) is 11.6 Å². The first-order chi connectivity index (χ1) is 14.4. The Morgan fingerprint density at radius 2 is 1.77 bits per heavy atom. The van der Waals surface area contributed by atoms with Crippen LogP contribution in [0.25, 0.3) is 0 Å². The van der Waals surface area contributed by atoms with E-state index in [1.54, 1.807) is 40.6 Å². The molecule has 3 N–H and O–H groups in total. The van der Waals surface area contributed by atoms with Crippen molar-refractivity contribution in [3.05, 3.63) is 23.0 Å². The molecule has 0 aliphatic heterocycles. The van der Waals surface area contributed by atoms with Gasteiger partial charge in [0.25, 0.3) is 0 Å². The first-order valence-corrected chi connectivity index (χ1v) is 9.88. The zero-order valence-corrected chi connectivity index (χ0v) is 18.9. The maximum atomic E-state index is 6.46. The van der Waals surface area contributed by atoms with Crippen molar-refractivity contribution >= 4 is 34.6 Å². The number of nitrogens with zero attached hydrogens (tertiary/aromatic N) is 3. The second kappa shape index (κ2) is 11.6. The van der Waals surface area contributed by atoms with E-state index in [0.717, 1.165) is 6.42 Å². The lowest BCUT2D eigenvalue weighted by molar-refractivity contribution is 0.191. The van der Waals surface area contributed by atoms with Gasteiger partial charge in [0.1, 0.15) is 28.7 Å². The van der Waals surface area contributed by atoms with Gasteiger partial charge in [-0.25, -0.2) is 9.97 Å². The van der Waals surface area contributed by atoms with Crippen molar-refractivity contribution < 1.29 is 18.9 Å². The van der Waals surface area contributed by atoms with Crippen molar-refractivity contribution in [3.8, 4) is 11.5 Å². The average Bonchev–Trinajstić information content (AvgIpc) is 2.74. The lowest BCUT2D eigenvalue weighted by Gasteiger charge is -2.26. The number of hydrogen-bond acceptors (Lipinski definition) is 9. The van der Waals surface area contributed by atoms with Crippen LogP contribution < -0.4 is 25.4 Å². The molecular weight excluding hydrogens is 410 g/mol. The fraction of sp³-hybridized carbons (Fsp3) is 0.500.